The summed E-state index contributed by atoms with van der Waals surface area (Å²) in [5.74, 6) is 9.53. The predicted molar refractivity (Wildman–Crippen MR) is 533 cm³/mol. The second-order valence-corrected chi connectivity index (χ2v) is 38.6. The molecule has 22 heterocycles. The Balaban J connectivity index is 0.000000113. The van der Waals surface area contributed by atoms with Crippen LogP contribution >= 0.6 is 0 Å². The summed E-state index contributed by atoms with van der Waals surface area (Å²) in [5.41, 5.74) is 8.34. The average Bonchev–Trinajstić information content (AvgIpc) is 1.62. The van der Waals surface area contributed by atoms with E-state index in [9.17, 15) is 38.4 Å². The first kappa shape index (κ1) is 98.0. The molecule has 0 bridgehead atoms. The summed E-state index contributed by atoms with van der Waals surface area (Å²) in [6.07, 6.45) is 34.6. The second kappa shape index (κ2) is 44.3. The number of rotatable bonds is 12. The highest BCUT2D eigenvalue weighted by atomic mass is 16.5. The lowest BCUT2D eigenvalue weighted by Gasteiger charge is -2.25. The van der Waals surface area contributed by atoms with Crippen molar-refractivity contribution < 1.29 is 66.8 Å². The monoisotopic (exact) mass is 1950 g/mol. The van der Waals surface area contributed by atoms with Crippen molar-refractivity contribution in [1.82, 2.24) is 94.0 Å². The minimum absolute atomic E-state index is 0.00753. The van der Waals surface area contributed by atoms with Crippen molar-refractivity contribution in [2.24, 2.45) is 0 Å². The van der Waals surface area contributed by atoms with Crippen LogP contribution in [-0.2, 0) is 9.59 Å². The fourth-order valence-electron chi connectivity index (χ4n) is 19.6. The number of aromatic nitrogens is 11. The Kier molecular flexibility index (Phi) is 30.4. The van der Waals surface area contributed by atoms with Crippen LogP contribution in [0.5, 0.6) is 34.5 Å². The van der Waals surface area contributed by atoms with Crippen LogP contribution in [0.15, 0.2) is 166 Å². The van der Waals surface area contributed by atoms with Gasteiger partial charge in [-0.05, 0) is 174 Å². The number of hydrogen-bond acceptors (Lipinski definition) is 31. The molecule has 8 amide bonds. The van der Waals surface area contributed by atoms with Gasteiger partial charge in [0.05, 0.1) is 84.3 Å². The van der Waals surface area contributed by atoms with Gasteiger partial charge in [-0.2, -0.15) is 0 Å². The van der Waals surface area contributed by atoms with E-state index in [1.54, 1.807) is 158 Å². The minimum atomic E-state index is -0.0680. The maximum absolute atomic E-state index is 12.8. The second-order valence-electron chi connectivity index (χ2n) is 38.6. The first-order valence-corrected chi connectivity index (χ1v) is 49.4. The van der Waals surface area contributed by atoms with Gasteiger partial charge in [0, 0.05) is 229 Å². The van der Waals surface area contributed by atoms with E-state index >= 15 is 0 Å². The summed E-state index contributed by atoms with van der Waals surface area (Å²) in [6, 6.07) is 23.3. The van der Waals surface area contributed by atoms with Crippen molar-refractivity contribution in [2.75, 3.05) is 171 Å². The zero-order valence-corrected chi connectivity index (χ0v) is 81.9. The van der Waals surface area contributed by atoms with E-state index in [0.717, 1.165) is 135 Å². The van der Waals surface area contributed by atoms with E-state index in [-0.39, 0.29) is 89.2 Å². The Hall–Kier alpha value is -15.2. The first-order chi connectivity index (χ1) is 69.3. The van der Waals surface area contributed by atoms with E-state index in [0.29, 0.717) is 180 Å². The van der Waals surface area contributed by atoms with E-state index in [2.05, 4.69) is 86.7 Å². The number of anilines is 6. The summed E-state index contributed by atoms with van der Waals surface area (Å²) < 4.78 is 34.3. The van der Waals surface area contributed by atoms with Gasteiger partial charge in [-0.1, -0.05) is 0 Å². The number of nitrogens with one attached hydrogen (secondary N) is 6. The van der Waals surface area contributed by atoms with Gasteiger partial charge in [-0.3, -0.25) is 53.3 Å². The molecule has 0 aromatic carbocycles. The standard InChI is InChI=1S/C18H24N4O3.2C18H20N4O2.C17H19N5O2.C17H18N4O2.C16H22N4O3/c1-12(23)21(2)14-3-7-22(11-14)17(24)13-9-15-16(19-10-13)20-18(4-5-18)6-8-25-15;2*1-12-9-20-17-16(24-12)8-15(10-21-17)18(23)22-7-4-14(11-22)13-2-5-19-6-3-13;1-11-9-24-15-4-13(7-20-16(15)21-11)17(23)22-3-2-12(8-22)14-5-18-10-19-6-14;22-17(14-9-15-16(20-10-14)19-6-8-23-15)21-7-3-13(11-21)12-1-4-18-5-2-12;1-10-7-17-15-14(23-10)6-12(8-18-15)16(22)20-5-4-13(9-20)19(3)11(2)21/h9-10,14H,3-8,11H2,1-2H3,(H,19,20);2*2-3,5-6,8,10,12,14H,4,7,9,11H2,1H3,(H,20,21);4-7,10-12H,2-3,8-9H2,1H3,(H,20,21);1-2,4-5,9-10,13H,3,6-8,11H2,(H,19,20);6,8,10,13H,4-5,7,9H2,1-3H3,(H,17,18)/t14-;2*12-,14?;11-,12?;;10-,13?/m0100.0/s1. The molecule has 1 spiro atoms. The molecule has 0 radical (unpaired) electrons. The molecule has 10 atom stereocenters. The van der Waals surface area contributed by atoms with Crippen LogP contribution < -0.4 is 60.3 Å². The SMILES string of the molecule is CC(=O)N(C)C1CCN(C(=O)c2cnc3c(c2)O[C@@H](C)CN3)C1.CC(=O)N(C)[C@H]1CCN(C(=O)c2cnc3c(c2)OCCC2(CC2)N3)C1.C[C@@H]1CNc2ncc(C(=O)N3CCC(c4ccncc4)C3)cc2O1.C[C@H]1CNc2ncc(C(=O)N3CCC(c4ccncc4)C3)cc2O1.C[C@H]1COc2cc(C(=O)N3CCC(c4cncnc4)C3)cnc2N1.O=C(c1cnc2c(c1)OCCN2)N1CCC(c2ccncc2)C1. The van der Waals surface area contributed by atoms with Crippen molar-refractivity contribution in [3.05, 3.63) is 222 Å². The molecule has 13 aliphatic rings. The van der Waals surface area contributed by atoms with Crippen molar-refractivity contribution in [2.45, 2.75) is 165 Å². The largest absolute Gasteiger partial charge is 0.490 e. The van der Waals surface area contributed by atoms with Gasteiger partial charge in [0.2, 0.25) is 11.8 Å². The molecule has 1 aliphatic carbocycles. The maximum atomic E-state index is 12.8. The van der Waals surface area contributed by atoms with Crippen molar-refractivity contribution in [1.29, 1.82) is 0 Å². The third-order valence-corrected chi connectivity index (χ3v) is 28.3. The fraction of sp³-hybridized carbons (Fsp3) is 0.452. The lowest BCUT2D eigenvalue weighted by Crippen LogP contribution is -2.39. The van der Waals surface area contributed by atoms with Crippen LogP contribution in [0.1, 0.15) is 207 Å². The van der Waals surface area contributed by atoms with Crippen LogP contribution in [0.4, 0.5) is 34.9 Å². The molecule has 6 saturated heterocycles. The Morgan fingerprint density at radius 1 is 0.350 bits per heavy atom. The zero-order valence-electron chi connectivity index (χ0n) is 81.9. The first-order valence-electron chi connectivity index (χ1n) is 49.4. The summed E-state index contributed by atoms with van der Waals surface area (Å²) in [5, 5.41) is 19.5. The number of amides is 8. The third kappa shape index (κ3) is 23.7. The topological polar surface area (TPSA) is 432 Å². The molecule has 23 rings (SSSR count). The summed E-state index contributed by atoms with van der Waals surface area (Å²) in [6.45, 7) is 24.1. The van der Waals surface area contributed by atoms with E-state index in [4.69, 9.17) is 28.4 Å². The van der Waals surface area contributed by atoms with Crippen LogP contribution in [0.3, 0.4) is 0 Å². The fourth-order valence-corrected chi connectivity index (χ4v) is 19.6. The lowest BCUT2D eigenvalue weighted by atomic mass is 10.00. The van der Waals surface area contributed by atoms with Crippen molar-refractivity contribution in [3.63, 3.8) is 0 Å². The van der Waals surface area contributed by atoms with E-state index in [1.165, 1.54) is 23.0 Å². The molecule has 5 unspecified atom stereocenters. The molecule has 39 nitrogen and oxygen atoms in total. The highest BCUT2D eigenvalue weighted by molar-refractivity contribution is 5.99. The van der Waals surface area contributed by atoms with Gasteiger partial charge < -0.3 is 99.5 Å². The number of likely N-dealkylation sites (N-methyl/N-ethyl adjacent to an activating group) is 2. The molecule has 10 aromatic rings. The number of pyridine rings is 9. The molecule has 6 N–H and O–H groups in total. The quantitative estimate of drug-likeness (QED) is 0.0661. The van der Waals surface area contributed by atoms with Gasteiger partial charge in [-0.25, -0.2) is 39.9 Å². The van der Waals surface area contributed by atoms with Gasteiger partial charge >= 0.3 is 0 Å². The molecule has 7 fully saturated rings. The average molecular weight is 1950 g/mol. The van der Waals surface area contributed by atoms with Crippen LogP contribution in [-0.4, -0.2) is 322 Å². The molecule has 39 heteroatoms. The van der Waals surface area contributed by atoms with E-state index in [1.807, 2.05) is 96.1 Å². The highest BCUT2D eigenvalue weighted by Crippen LogP contribution is 2.46. The molecule has 748 valence electrons. The summed E-state index contributed by atoms with van der Waals surface area (Å²) in [4.78, 5) is 160. The van der Waals surface area contributed by atoms with Gasteiger partial charge in [0.1, 0.15) is 37.9 Å². The number of fused-ring (bicyclic) bond motifs is 6. The van der Waals surface area contributed by atoms with Crippen LogP contribution in [0.2, 0.25) is 0 Å². The normalized spacial score (nSPS) is 22.2. The molecule has 1 saturated carbocycles. The molecule has 10 aromatic heterocycles. The molecular formula is C104H123N25O14. The Morgan fingerprint density at radius 3 is 1.03 bits per heavy atom. The van der Waals surface area contributed by atoms with Gasteiger partial charge in [0.25, 0.3) is 35.4 Å². The minimum Gasteiger partial charge on any atom is -0.490 e. The number of hydrogen-bond donors (Lipinski definition) is 6. The zero-order chi connectivity index (χ0) is 99.4. The Labute approximate surface area is 830 Å². The number of nitrogens with zero attached hydrogens (tertiary/aromatic N) is 19. The molecule has 143 heavy (non-hydrogen) atoms. The third-order valence-electron chi connectivity index (χ3n) is 28.3. The number of carbonyl (C=O) groups is 8. The number of carbonyl (C=O) groups excluding carboxylic acids is 8. The Bertz CT molecular complexity index is 6110. The van der Waals surface area contributed by atoms with E-state index < -0.39 is 0 Å². The van der Waals surface area contributed by atoms with Crippen molar-refractivity contribution >= 4 is 82.2 Å². The van der Waals surface area contributed by atoms with Gasteiger partial charge in [-0.15, -0.1) is 0 Å². The highest BCUT2D eigenvalue weighted by Gasteiger charge is 2.45. The van der Waals surface area contributed by atoms with Crippen molar-refractivity contribution in [3.8, 4) is 34.5 Å². The molecular weight excluding hydrogens is 1820 g/mol. The van der Waals surface area contributed by atoms with Crippen LogP contribution in [0, 0.1) is 0 Å². The maximum Gasteiger partial charge on any atom is 0.255 e. The summed E-state index contributed by atoms with van der Waals surface area (Å²) in [7, 11) is 3.57. The Morgan fingerprint density at radius 2 is 0.664 bits per heavy atom. The predicted octanol–water partition coefficient (Wildman–Crippen LogP) is 10.7. The number of ether oxygens (including phenoxy) is 6. The number of likely N-dealkylation sites (tertiary alicyclic amines) is 6. The lowest BCUT2D eigenvalue weighted by molar-refractivity contribution is -0.130. The van der Waals surface area contributed by atoms with Crippen LogP contribution in [0.25, 0.3) is 0 Å². The summed E-state index contributed by atoms with van der Waals surface area (Å²) >= 11 is 0. The smallest absolute Gasteiger partial charge is 0.255 e. The van der Waals surface area contributed by atoms with Gasteiger partial charge in [0.15, 0.2) is 69.4 Å². The molecule has 12 aliphatic heterocycles.